The summed E-state index contributed by atoms with van der Waals surface area (Å²) in [6, 6.07) is 4.58. The fourth-order valence-electron chi connectivity index (χ4n) is 1.10. The van der Waals surface area contributed by atoms with E-state index in [1.165, 1.54) is 6.07 Å². The Morgan fingerprint density at radius 3 is 2.80 bits per heavy atom. The van der Waals surface area contributed by atoms with E-state index < -0.39 is 5.97 Å². The van der Waals surface area contributed by atoms with E-state index in [9.17, 15) is 9.90 Å². The van der Waals surface area contributed by atoms with Crippen molar-refractivity contribution in [1.29, 1.82) is 0 Å². The van der Waals surface area contributed by atoms with Crippen molar-refractivity contribution in [2.75, 3.05) is 5.75 Å². The highest BCUT2D eigenvalue weighted by atomic mass is 32.1. The van der Waals surface area contributed by atoms with Gasteiger partial charge in [0.2, 0.25) is 0 Å². The van der Waals surface area contributed by atoms with Crippen LogP contribution in [0.3, 0.4) is 0 Å². The summed E-state index contributed by atoms with van der Waals surface area (Å²) in [5.41, 5.74) is 1.05. The van der Waals surface area contributed by atoms with Crippen molar-refractivity contribution in [1.82, 2.24) is 0 Å². The predicted octanol–water partition coefficient (Wildman–Crippen LogP) is 1.30. The Bertz CT molecular complexity index is 429. The molecule has 78 valence electrons. The molecule has 15 heavy (non-hydrogen) atoms. The molecule has 1 rings (SSSR count). The molecular weight excluding hydrogens is 212 g/mol. The van der Waals surface area contributed by atoms with Gasteiger partial charge in [0.05, 0.1) is 17.7 Å². The number of phenolic OH excluding ortho intramolecular Hbond substituents is 1. The van der Waals surface area contributed by atoms with Gasteiger partial charge < -0.3 is 10.2 Å². The molecule has 0 saturated heterocycles. The van der Waals surface area contributed by atoms with Gasteiger partial charge in [-0.25, -0.2) is 0 Å². The molecule has 0 amide bonds. The summed E-state index contributed by atoms with van der Waals surface area (Å²) in [5, 5.41) is 18.0. The lowest BCUT2D eigenvalue weighted by Crippen LogP contribution is -2.00. The van der Waals surface area contributed by atoms with Crippen molar-refractivity contribution in [3.8, 4) is 17.6 Å². The van der Waals surface area contributed by atoms with Crippen LogP contribution >= 0.6 is 12.6 Å². The average molecular weight is 222 g/mol. The molecule has 0 heterocycles. The van der Waals surface area contributed by atoms with Crippen molar-refractivity contribution >= 4 is 18.6 Å². The minimum atomic E-state index is -0.909. The molecule has 1 aromatic carbocycles. The van der Waals surface area contributed by atoms with E-state index in [0.717, 1.165) is 0 Å². The Balaban J connectivity index is 2.99. The molecule has 0 aliphatic carbocycles. The zero-order valence-corrected chi connectivity index (χ0v) is 8.79. The highest BCUT2D eigenvalue weighted by Gasteiger charge is 2.03. The predicted molar refractivity (Wildman–Crippen MR) is 60.2 cm³/mol. The zero-order valence-electron chi connectivity index (χ0n) is 7.90. The molecular formula is C11H10O3S. The SMILES string of the molecule is O=C(O)Cc1ccc(O)c(C#CCS)c1. The molecule has 4 heteroatoms. The Hall–Kier alpha value is -1.60. The van der Waals surface area contributed by atoms with Gasteiger partial charge in [-0.1, -0.05) is 17.9 Å². The summed E-state index contributed by atoms with van der Waals surface area (Å²) in [4.78, 5) is 10.5. The van der Waals surface area contributed by atoms with Crippen LogP contribution < -0.4 is 0 Å². The lowest BCUT2D eigenvalue weighted by Gasteiger charge is -2.00. The molecule has 0 spiro atoms. The zero-order chi connectivity index (χ0) is 11.3. The fraction of sp³-hybridized carbons (Fsp3) is 0.182. The van der Waals surface area contributed by atoms with Gasteiger partial charge in [0, 0.05) is 0 Å². The smallest absolute Gasteiger partial charge is 0.307 e. The maximum Gasteiger partial charge on any atom is 0.307 e. The first-order valence-electron chi connectivity index (χ1n) is 4.27. The lowest BCUT2D eigenvalue weighted by molar-refractivity contribution is -0.136. The summed E-state index contributed by atoms with van der Waals surface area (Å²) in [6.45, 7) is 0. The maximum absolute atomic E-state index is 10.5. The Morgan fingerprint density at radius 1 is 1.47 bits per heavy atom. The van der Waals surface area contributed by atoms with E-state index in [1.54, 1.807) is 12.1 Å². The van der Waals surface area contributed by atoms with Crippen LogP contribution in [0.1, 0.15) is 11.1 Å². The number of rotatable bonds is 2. The van der Waals surface area contributed by atoms with Gasteiger partial charge in [0.25, 0.3) is 0 Å². The number of phenols is 1. The molecule has 2 N–H and O–H groups in total. The van der Waals surface area contributed by atoms with Gasteiger partial charge >= 0.3 is 5.97 Å². The number of thiol groups is 1. The van der Waals surface area contributed by atoms with Crippen LogP contribution in [-0.2, 0) is 11.2 Å². The molecule has 0 fully saturated rings. The second-order valence-corrected chi connectivity index (χ2v) is 3.20. The number of aliphatic carboxylic acids is 1. The van der Waals surface area contributed by atoms with Crippen molar-refractivity contribution < 1.29 is 15.0 Å². The number of carbonyl (C=O) groups is 1. The Labute approximate surface area is 93.2 Å². The van der Waals surface area contributed by atoms with Crippen molar-refractivity contribution in [3.05, 3.63) is 29.3 Å². The maximum atomic E-state index is 10.5. The molecule has 0 bridgehead atoms. The largest absolute Gasteiger partial charge is 0.507 e. The van der Waals surface area contributed by atoms with E-state index >= 15 is 0 Å². The first-order chi connectivity index (χ1) is 7.13. The van der Waals surface area contributed by atoms with Crippen LogP contribution in [0.2, 0.25) is 0 Å². The van der Waals surface area contributed by atoms with Crippen LogP contribution in [0.5, 0.6) is 5.75 Å². The van der Waals surface area contributed by atoms with Crippen molar-refractivity contribution in [2.24, 2.45) is 0 Å². The first kappa shape index (κ1) is 11.5. The molecule has 1 aromatic rings. The van der Waals surface area contributed by atoms with Crippen LogP contribution in [0, 0.1) is 11.8 Å². The molecule has 3 nitrogen and oxygen atoms in total. The van der Waals surface area contributed by atoms with Gasteiger partial charge in [-0.3, -0.25) is 4.79 Å². The molecule has 0 aliphatic rings. The molecule has 0 aliphatic heterocycles. The summed E-state index contributed by atoms with van der Waals surface area (Å²) in [5.74, 6) is 4.94. The van der Waals surface area contributed by atoms with E-state index in [1.807, 2.05) is 0 Å². The Morgan fingerprint density at radius 2 is 2.20 bits per heavy atom. The van der Waals surface area contributed by atoms with E-state index in [2.05, 4.69) is 24.5 Å². The summed E-state index contributed by atoms with van der Waals surface area (Å²) in [6.07, 6.45) is -0.0736. The number of carboxylic acid groups (broad SMARTS) is 1. The van der Waals surface area contributed by atoms with Gasteiger partial charge in [0.1, 0.15) is 5.75 Å². The number of carboxylic acids is 1. The van der Waals surface area contributed by atoms with Crippen LogP contribution in [0.15, 0.2) is 18.2 Å². The highest BCUT2D eigenvalue weighted by molar-refractivity contribution is 7.80. The van der Waals surface area contributed by atoms with Crippen LogP contribution in [-0.4, -0.2) is 21.9 Å². The lowest BCUT2D eigenvalue weighted by atomic mass is 10.1. The van der Waals surface area contributed by atoms with E-state index in [0.29, 0.717) is 16.9 Å². The topological polar surface area (TPSA) is 57.5 Å². The van der Waals surface area contributed by atoms with E-state index in [4.69, 9.17) is 5.11 Å². The van der Waals surface area contributed by atoms with Crippen LogP contribution in [0.25, 0.3) is 0 Å². The highest BCUT2D eigenvalue weighted by Crippen LogP contribution is 2.17. The monoisotopic (exact) mass is 222 g/mol. The number of hydrogen-bond acceptors (Lipinski definition) is 3. The standard InChI is InChI=1S/C11H10O3S/c12-10-4-3-8(7-11(13)14)6-9(10)2-1-5-15/h3-4,6,12,15H,5,7H2,(H,13,14). The molecule has 0 unspecified atom stereocenters. The minimum absolute atomic E-state index is 0.0541. The molecule has 0 aromatic heterocycles. The summed E-state index contributed by atoms with van der Waals surface area (Å²) in [7, 11) is 0. The molecule has 0 atom stereocenters. The molecule has 0 radical (unpaired) electrons. The fourth-order valence-corrected chi connectivity index (χ4v) is 1.18. The summed E-state index contributed by atoms with van der Waals surface area (Å²) < 4.78 is 0. The third-order valence-electron chi connectivity index (χ3n) is 1.72. The second-order valence-electron chi connectivity index (χ2n) is 2.88. The number of hydrogen-bond donors (Lipinski definition) is 3. The van der Waals surface area contributed by atoms with E-state index in [-0.39, 0.29) is 12.2 Å². The normalized spacial score (nSPS) is 9.13. The Kier molecular flexibility index (Phi) is 4.07. The van der Waals surface area contributed by atoms with Gasteiger partial charge in [0.15, 0.2) is 0 Å². The number of benzene rings is 1. The van der Waals surface area contributed by atoms with Gasteiger partial charge in [-0.2, -0.15) is 12.6 Å². The second kappa shape index (κ2) is 5.32. The van der Waals surface area contributed by atoms with Crippen molar-refractivity contribution in [2.45, 2.75) is 6.42 Å². The average Bonchev–Trinajstić information content (AvgIpc) is 2.18. The van der Waals surface area contributed by atoms with Crippen LogP contribution in [0.4, 0.5) is 0 Å². The summed E-state index contributed by atoms with van der Waals surface area (Å²) >= 11 is 3.92. The van der Waals surface area contributed by atoms with Gasteiger partial charge in [-0.05, 0) is 17.7 Å². The first-order valence-corrected chi connectivity index (χ1v) is 4.90. The third-order valence-corrected chi connectivity index (χ3v) is 1.88. The van der Waals surface area contributed by atoms with Crippen molar-refractivity contribution in [3.63, 3.8) is 0 Å². The third kappa shape index (κ3) is 3.56. The molecule has 0 saturated carbocycles. The number of aromatic hydroxyl groups is 1. The minimum Gasteiger partial charge on any atom is -0.507 e. The quantitative estimate of drug-likeness (QED) is 0.522. The van der Waals surface area contributed by atoms with Gasteiger partial charge in [-0.15, -0.1) is 0 Å².